The van der Waals surface area contributed by atoms with Crippen molar-refractivity contribution in [3.05, 3.63) is 52.6 Å². The monoisotopic (exact) mass is 555 g/mol. The Kier molecular flexibility index (Phi) is 9.55. The van der Waals surface area contributed by atoms with Crippen molar-refractivity contribution < 1.29 is 13.2 Å². The number of methoxy groups -OCH3 is 1. The molecule has 202 valence electrons. The van der Waals surface area contributed by atoms with Crippen molar-refractivity contribution in [3.8, 4) is 17.2 Å². The molecular formula is C30H45NO3SSi2. The Hall–Kier alpha value is -1.86. The molecule has 0 radical (unpaired) electrons. The maximum Gasteiger partial charge on any atom is 0.243 e. The van der Waals surface area contributed by atoms with Crippen molar-refractivity contribution in [1.29, 1.82) is 0 Å². The summed E-state index contributed by atoms with van der Waals surface area (Å²) in [5, 5.41) is 1.31. The Bertz CT molecular complexity index is 1250. The van der Waals surface area contributed by atoms with Gasteiger partial charge in [-0.2, -0.15) is 4.31 Å². The van der Waals surface area contributed by atoms with Crippen LogP contribution in [0.5, 0.6) is 5.75 Å². The highest BCUT2D eigenvalue weighted by molar-refractivity contribution is 7.89. The molecule has 1 aliphatic rings. The standard InChI is InChI=1S/C30H45NO3SSi2/c1-9-36(10-2,11-3)20-19-27-28-23-31(35(32,33)26-17-15-24(7)16-18-26)22-25(28)21-29(34-8)30(27)37(12-4,13-5)14-6/h15-18,21H,9-14,22-23H2,1-8H3. The highest BCUT2D eigenvalue weighted by Crippen LogP contribution is 2.36. The van der Waals surface area contributed by atoms with E-state index >= 15 is 0 Å². The van der Waals surface area contributed by atoms with Gasteiger partial charge in [0.1, 0.15) is 13.8 Å². The summed E-state index contributed by atoms with van der Waals surface area (Å²) >= 11 is 0. The second-order valence-electron chi connectivity index (χ2n) is 10.5. The lowest BCUT2D eigenvalue weighted by atomic mass is 10.0. The molecule has 2 aromatic rings. The highest BCUT2D eigenvalue weighted by atomic mass is 32.2. The molecule has 1 heterocycles. The van der Waals surface area contributed by atoms with Crippen LogP contribution in [0, 0.1) is 18.4 Å². The number of hydrogen-bond donors (Lipinski definition) is 0. The van der Waals surface area contributed by atoms with Crippen LogP contribution in [0.25, 0.3) is 0 Å². The summed E-state index contributed by atoms with van der Waals surface area (Å²) in [5.74, 6) is 4.66. The van der Waals surface area contributed by atoms with Gasteiger partial charge in [0.2, 0.25) is 10.0 Å². The Morgan fingerprint density at radius 1 is 0.892 bits per heavy atom. The largest absolute Gasteiger partial charge is 0.497 e. The second-order valence-corrected chi connectivity index (χ2v) is 22.5. The molecule has 0 saturated heterocycles. The molecule has 0 amide bonds. The van der Waals surface area contributed by atoms with Crippen LogP contribution in [0.2, 0.25) is 36.3 Å². The summed E-state index contributed by atoms with van der Waals surface area (Å²) in [5.41, 5.74) is 8.10. The van der Waals surface area contributed by atoms with E-state index in [1.807, 2.05) is 19.1 Å². The average molecular weight is 556 g/mol. The summed E-state index contributed by atoms with van der Waals surface area (Å²) in [7, 11) is -5.46. The zero-order valence-electron chi connectivity index (χ0n) is 24.1. The van der Waals surface area contributed by atoms with E-state index in [1.165, 1.54) is 5.19 Å². The minimum atomic E-state index is -3.62. The number of sulfonamides is 1. The molecule has 0 N–H and O–H groups in total. The van der Waals surface area contributed by atoms with Crippen LogP contribution in [0.1, 0.15) is 63.8 Å². The molecule has 37 heavy (non-hydrogen) atoms. The van der Waals surface area contributed by atoms with Crippen LogP contribution in [-0.4, -0.2) is 36.0 Å². The van der Waals surface area contributed by atoms with Crippen LogP contribution in [-0.2, 0) is 23.1 Å². The van der Waals surface area contributed by atoms with E-state index in [9.17, 15) is 8.42 Å². The van der Waals surface area contributed by atoms with E-state index in [2.05, 4.69) is 59.1 Å². The third kappa shape index (κ3) is 5.49. The van der Waals surface area contributed by atoms with Gasteiger partial charge in [-0.1, -0.05) is 83.3 Å². The topological polar surface area (TPSA) is 46.6 Å². The molecule has 7 heteroatoms. The molecule has 2 aromatic carbocycles. The van der Waals surface area contributed by atoms with Gasteiger partial charge >= 0.3 is 0 Å². The number of hydrogen-bond acceptors (Lipinski definition) is 3. The molecule has 4 nitrogen and oxygen atoms in total. The highest BCUT2D eigenvalue weighted by Gasteiger charge is 2.40. The van der Waals surface area contributed by atoms with Crippen LogP contribution < -0.4 is 9.92 Å². The first-order chi connectivity index (χ1) is 17.6. The van der Waals surface area contributed by atoms with Gasteiger partial charge in [0.25, 0.3) is 0 Å². The Morgan fingerprint density at radius 3 is 1.95 bits per heavy atom. The Labute approximate surface area is 227 Å². The summed E-state index contributed by atoms with van der Waals surface area (Å²) in [6.45, 7) is 16.5. The van der Waals surface area contributed by atoms with Crippen LogP contribution in [0.3, 0.4) is 0 Å². The molecule has 0 saturated carbocycles. The lowest BCUT2D eigenvalue weighted by Gasteiger charge is -2.32. The van der Waals surface area contributed by atoms with Gasteiger partial charge in [0.05, 0.1) is 20.1 Å². The quantitative estimate of drug-likeness (QED) is 0.239. The SMILES string of the molecule is CC[Si](C#Cc1c2c(cc(OC)c1[Si](CC)(CC)CC)CN(S(=O)(=O)c1ccc(C)cc1)C2)(CC)CC. The van der Waals surface area contributed by atoms with Crippen LogP contribution >= 0.6 is 0 Å². The first-order valence-corrected chi connectivity index (χ1v) is 20.6. The molecule has 0 aromatic heterocycles. The van der Waals surface area contributed by atoms with Crippen LogP contribution in [0.15, 0.2) is 35.2 Å². The average Bonchev–Trinajstić information content (AvgIpc) is 3.36. The third-order valence-electron chi connectivity index (χ3n) is 9.09. The van der Waals surface area contributed by atoms with Gasteiger partial charge in [-0.15, -0.1) is 5.54 Å². The minimum absolute atomic E-state index is 0.347. The Morgan fingerprint density at radius 2 is 1.46 bits per heavy atom. The second kappa shape index (κ2) is 11.9. The minimum Gasteiger partial charge on any atom is -0.497 e. The van der Waals surface area contributed by atoms with Gasteiger partial charge < -0.3 is 4.74 Å². The smallest absolute Gasteiger partial charge is 0.243 e. The summed E-state index contributed by atoms with van der Waals surface area (Å²) in [4.78, 5) is 0.347. The molecule has 0 unspecified atom stereocenters. The predicted octanol–water partition coefficient (Wildman–Crippen LogP) is 6.82. The van der Waals surface area contributed by atoms with E-state index < -0.39 is 26.2 Å². The number of nitrogens with zero attached hydrogens (tertiary/aromatic N) is 1. The molecule has 0 atom stereocenters. The van der Waals surface area contributed by atoms with Gasteiger partial charge in [0.15, 0.2) is 0 Å². The van der Waals surface area contributed by atoms with E-state index in [0.717, 1.165) is 64.3 Å². The van der Waals surface area contributed by atoms with Gasteiger partial charge in [-0.25, -0.2) is 8.42 Å². The number of fused-ring (bicyclic) bond motifs is 1. The predicted molar refractivity (Wildman–Crippen MR) is 162 cm³/mol. The lowest BCUT2D eigenvalue weighted by molar-refractivity contribution is 0.416. The third-order valence-corrected chi connectivity index (χ3v) is 21.2. The molecular weight excluding hydrogens is 511 g/mol. The molecule has 0 aliphatic carbocycles. The first kappa shape index (κ1) is 29.7. The van der Waals surface area contributed by atoms with E-state index in [-0.39, 0.29) is 0 Å². The fourth-order valence-electron chi connectivity index (χ4n) is 5.84. The zero-order chi connectivity index (χ0) is 27.4. The van der Waals surface area contributed by atoms with Crippen molar-refractivity contribution in [1.82, 2.24) is 4.31 Å². The van der Waals surface area contributed by atoms with E-state index in [0.29, 0.717) is 18.0 Å². The summed E-state index contributed by atoms with van der Waals surface area (Å²) < 4.78 is 35.0. The maximum absolute atomic E-state index is 13.7. The van der Waals surface area contributed by atoms with Gasteiger partial charge in [0, 0.05) is 18.7 Å². The Balaban J connectivity index is 2.28. The molecule has 3 rings (SSSR count). The molecule has 0 bridgehead atoms. The number of ether oxygens (including phenoxy) is 1. The van der Waals surface area contributed by atoms with Crippen molar-refractivity contribution in [2.24, 2.45) is 0 Å². The molecule has 0 spiro atoms. The number of rotatable bonds is 10. The van der Waals surface area contributed by atoms with E-state index in [4.69, 9.17) is 4.74 Å². The number of benzene rings is 2. The van der Waals surface area contributed by atoms with E-state index in [1.54, 1.807) is 23.5 Å². The fraction of sp³-hybridized carbons (Fsp3) is 0.533. The molecule has 1 aliphatic heterocycles. The lowest BCUT2D eigenvalue weighted by Crippen LogP contribution is -2.48. The zero-order valence-corrected chi connectivity index (χ0v) is 26.9. The van der Waals surface area contributed by atoms with Crippen molar-refractivity contribution in [3.63, 3.8) is 0 Å². The summed E-state index contributed by atoms with van der Waals surface area (Å²) in [6, 6.07) is 16.0. The van der Waals surface area contributed by atoms with Crippen molar-refractivity contribution >= 4 is 31.4 Å². The molecule has 0 fully saturated rings. The van der Waals surface area contributed by atoms with Gasteiger partial charge in [-0.05, 0) is 59.6 Å². The number of aryl methyl sites for hydroxylation is 1. The summed E-state index contributed by atoms with van der Waals surface area (Å²) in [6.07, 6.45) is 0. The first-order valence-electron chi connectivity index (χ1n) is 13.9. The van der Waals surface area contributed by atoms with Crippen molar-refractivity contribution in [2.45, 2.75) is 103 Å². The normalized spacial score (nSPS) is 14.3. The van der Waals surface area contributed by atoms with Gasteiger partial charge in [-0.3, -0.25) is 0 Å². The fourth-order valence-corrected chi connectivity index (χ4v) is 13.6. The maximum atomic E-state index is 13.7. The van der Waals surface area contributed by atoms with Crippen molar-refractivity contribution in [2.75, 3.05) is 7.11 Å². The van der Waals surface area contributed by atoms with Crippen LogP contribution in [0.4, 0.5) is 0 Å².